The minimum atomic E-state index is -1.60. The van der Waals surface area contributed by atoms with Gasteiger partial charge in [0.2, 0.25) is 0 Å². The molecule has 4 nitrogen and oxygen atoms in total. The van der Waals surface area contributed by atoms with E-state index in [1.54, 1.807) is 0 Å². The van der Waals surface area contributed by atoms with E-state index < -0.39 is 23.5 Å². The third kappa shape index (κ3) is 4.93. The molecule has 1 heterocycles. The molecule has 0 unspecified atom stereocenters. The van der Waals surface area contributed by atoms with Gasteiger partial charge in [0.1, 0.15) is 0 Å². The Morgan fingerprint density at radius 2 is 1.63 bits per heavy atom. The summed E-state index contributed by atoms with van der Waals surface area (Å²) in [5.74, 6) is -4.29. The van der Waals surface area contributed by atoms with Crippen molar-refractivity contribution < 1.29 is 18.0 Å². The maximum absolute atomic E-state index is 13.7. The summed E-state index contributed by atoms with van der Waals surface area (Å²) in [5, 5.41) is 3.00. The van der Waals surface area contributed by atoms with Crippen molar-refractivity contribution in [1.82, 2.24) is 9.80 Å². The van der Waals surface area contributed by atoms with Gasteiger partial charge in [-0.3, -0.25) is 4.90 Å². The Morgan fingerprint density at radius 1 is 0.963 bits per heavy atom. The molecule has 1 N–H and O–H groups in total. The molecule has 0 aromatic heterocycles. The Morgan fingerprint density at radius 3 is 2.30 bits per heavy atom. The zero-order valence-electron chi connectivity index (χ0n) is 14.5. The normalized spacial score (nSPS) is 15.0. The number of nitrogens with one attached hydrogen (secondary N) is 1. The fraction of sp³-hybridized carbons (Fsp3) is 0.316. The quantitative estimate of drug-likeness (QED) is 0.787. The summed E-state index contributed by atoms with van der Waals surface area (Å²) in [4.78, 5) is 16.0. The van der Waals surface area contributed by atoms with E-state index in [9.17, 15) is 18.0 Å². The summed E-state index contributed by atoms with van der Waals surface area (Å²) in [6.07, 6.45) is 0.878. The van der Waals surface area contributed by atoms with Crippen molar-refractivity contribution in [3.63, 3.8) is 0 Å². The summed E-state index contributed by atoms with van der Waals surface area (Å²) in [6, 6.07) is 8.95. The summed E-state index contributed by atoms with van der Waals surface area (Å²) in [6.45, 7) is 3.16. The Labute approximate surface area is 160 Å². The van der Waals surface area contributed by atoms with Gasteiger partial charge in [0, 0.05) is 37.7 Å². The number of urea groups is 1. The van der Waals surface area contributed by atoms with Gasteiger partial charge in [0.05, 0.1) is 5.69 Å². The molecule has 2 amide bonds. The number of benzene rings is 2. The largest absolute Gasteiger partial charge is 0.322 e. The van der Waals surface area contributed by atoms with Crippen molar-refractivity contribution in [3.05, 3.63) is 64.4 Å². The van der Waals surface area contributed by atoms with Crippen LogP contribution in [0, 0.1) is 17.5 Å². The van der Waals surface area contributed by atoms with Crippen molar-refractivity contribution in [2.45, 2.75) is 6.42 Å². The van der Waals surface area contributed by atoms with E-state index in [0.717, 1.165) is 25.1 Å². The molecule has 144 valence electrons. The van der Waals surface area contributed by atoms with Crippen LogP contribution in [0.3, 0.4) is 0 Å². The minimum absolute atomic E-state index is 0.371. The molecule has 0 bridgehead atoms. The van der Waals surface area contributed by atoms with Gasteiger partial charge in [-0.1, -0.05) is 23.7 Å². The second-order valence-electron chi connectivity index (χ2n) is 6.36. The average Bonchev–Trinajstić information content (AvgIpc) is 2.68. The second-order valence-corrected chi connectivity index (χ2v) is 6.79. The summed E-state index contributed by atoms with van der Waals surface area (Å²) in [7, 11) is 0. The molecular weight excluding hydrogens is 379 g/mol. The Balaban J connectivity index is 1.48. The molecule has 0 spiro atoms. The lowest BCUT2D eigenvalue weighted by Crippen LogP contribution is -2.50. The summed E-state index contributed by atoms with van der Waals surface area (Å²) in [5.41, 5.74) is 0.817. The number of rotatable bonds is 4. The molecule has 1 fully saturated rings. The molecule has 3 rings (SSSR count). The molecule has 8 heteroatoms. The monoisotopic (exact) mass is 397 g/mol. The molecule has 1 saturated heterocycles. The highest BCUT2D eigenvalue weighted by Gasteiger charge is 2.22. The lowest BCUT2D eigenvalue weighted by atomic mass is 10.1. The van der Waals surface area contributed by atoms with Crippen LogP contribution in [0.4, 0.5) is 23.7 Å². The molecule has 1 aliphatic rings. The van der Waals surface area contributed by atoms with Gasteiger partial charge in [-0.05, 0) is 36.2 Å². The van der Waals surface area contributed by atoms with Crippen LogP contribution in [-0.4, -0.2) is 48.6 Å². The fourth-order valence-electron chi connectivity index (χ4n) is 2.93. The number of hydrogen-bond donors (Lipinski definition) is 1. The van der Waals surface area contributed by atoms with E-state index in [-0.39, 0.29) is 5.69 Å². The third-order valence-electron chi connectivity index (χ3n) is 4.57. The molecule has 2 aromatic rings. The first-order valence-corrected chi connectivity index (χ1v) is 8.98. The van der Waals surface area contributed by atoms with E-state index in [2.05, 4.69) is 10.2 Å². The minimum Gasteiger partial charge on any atom is -0.322 e. The van der Waals surface area contributed by atoms with Crippen LogP contribution >= 0.6 is 11.6 Å². The predicted octanol–water partition coefficient (Wildman–Crippen LogP) is 4.15. The first kappa shape index (κ1) is 19.5. The van der Waals surface area contributed by atoms with Crippen LogP contribution in [-0.2, 0) is 6.42 Å². The van der Waals surface area contributed by atoms with Gasteiger partial charge in [0.25, 0.3) is 0 Å². The standard InChI is InChI=1S/C19H19ClF3N3O/c20-14-3-1-13(2-4-14)7-8-25-9-11-26(12-10-25)19(27)24-16-6-5-15(21)17(22)18(16)23/h1-6H,7-12H2,(H,24,27). The Hall–Kier alpha value is -2.25. The van der Waals surface area contributed by atoms with Gasteiger partial charge in [-0.2, -0.15) is 0 Å². The molecule has 0 saturated carbocycles. The number of carbonyl (C=O) groups excluding carboxylic acids is 1. The van der Waals surface area contributed by atoms with Crippen LogP contribution in [0.2, 0.25) is 5.02 Å². The maximum atomic E-state index is 13.7. The van der Waals surface area contributed by atoms with Crippen molar-refractivity contribution >= 4 is 23.3 Å². The first-order chi connectivity index (χ1) is 12.9. The number of piperazine rings is 1. The topological polar surface area (TPSA) is 35.6 Å². The van der Waals surface area contributed by atoms with E-state index in [1.807, 2.05) is 24.3 Å². The number of amides is 2. The molecule has 27 heavy (non-hydrogen) atoms. The lowest BCUT2D eigenvalue weighted by Gasteiger charge is -2.34. The van der Waals surface area contributed by atoms with Gasteiger partial charge in [0.15, 0.2) is 17.5 Å². The first-order valence-electron chi connectivity index (χ1n) is 8.60. The molecule has 0 atom stereocenters. The summed E-state index contributed by atoms with van der Waals surface area (Å²) >= 11 is 5.87. The molecule has 0 radical (unpaired) electrons. The van der Waals surface area contributed by atoms with Crippen molar-refractivity contribution in [2.75, 3.05) is 38.0 Å². The number of halogens is 4. The molecule has 1 aliphatic heterocycles. The Kier molecular flexibility index (Phi) is 6.23. The highest BCUT2D eigenvalue weighted by molar-refractivity contribution is 6.30. The van der Waals surface area contributed by atoms with Gasteiger partial charge < -0.3 is 10.2 Å². The van der Waals surface area contributed by atoms with Crippen molar-refractivity contribution in [3.8, 4) is 0 Å². The molecular formula is C19H19ClF3N3O. The van der Waals surface area contributed by atoms with Gasteiger partial charge >= 0.3 is 6.03 Å². The maximum Gasteiger partial charge on any atom is 0.322 e. The number of hydrogen-bond acceptors (Lipinski definition) is 2. The van der Waals surface area contributed by atoms with E-state index >= 15 is 0 Å². The van der Waals surface area contributed by atoms with Crippen LogP contribution < -0.4 is 5.32 Å². The molecule has 0 aliphatic carbocycles. The van der Waals surface area contributed by atoms with Crippen LogP contribution in [0.5, 0.6) is 0 Å². The second kappa shape index (κ2) is 8.63. The number of nitrogens with zero attached hydrogens (tertiary/aromatic N) is 2. The van der Waals surface area contributed by atoms with Gasteiger partial charge in [-0.25, -0.2) is 18.0 Å². The van der Waals surface area contributed by atoms with Crippen molar-refractivity contribution in [2.24, 2.45) is 0 Å². The molecule has 2 aromatic carbocycles. The van der Waals surface area contributed by atoms with Crippen LogP contribution in [0.15, 0.2) is 36.4 Å². The Bertz CT molecular complexity index is 809. The number of anilines is 1. The SMILES string of the molecule is O=C(Nc1ccc(F)c(F)c1F)N1CCN(CCc2ccc(Cl)cc2)CC1. The van der Waals surface area contributed by atoms with Crippen molar-refractivity contribution in [1.29, 1.82) is 0 Å². The zero-order chi connectivity index (χ0) is 19.4. The van der Waals surface area contributed by atoms with Crippen LogP contribution in [0.1, 0.15) is 5.56 Å². The van der Waals surface area contributed by atoms with E-state index in [1.165, 1.54) is 10.5 Å². The summed E-state index contributed by atoms with van der Waals surface area (Å²) < 4.78 is 39.9. The van der Waals surface area contributed by atoms with E-state index in [0.29, 0.717) is 31.2 Å². The third-order valence-corrected chi connectivity index (χ3v) is 4.82. The highest BCUT2D eigenvalue weighted by Crippen LogP contribution is 2.20. The van der Waals surface area contributed by atoms with Crippen LogP contribution in [0.25, 0.3) is 0 Å². The predicted molar refractivity (Wildman–Crippen MR) is 98.5 cm³/mol. The fourth-order valence-corrected chi connectivity index (χ4v) is 3.06. The number of carbonyl (C=O) groups is 1. The zero-order valence-corrected chi connectivity index (χ0v) is 15.3. The lowest BCUT2D eigenvalue weighted by molar-refractivity contribution is 0.148. The average molecular weight is 398 g/mol. The van der Waals surface area contributed by atoms with E-state index in [4.69, 9.17) is 11.6 Å². The van der Waals surface area contributed by atoms with Gasteiger partial charge in [-0.15, -0.1) is 0 Å². The highest BCUT2D eigenvalue weighted by atomic mass is 35.5. The smallest absolute Gasteiger partial charge is 0.322 e.